The average molecular weight is 281 g/mol. The average Bonchev–Trinajstić information content (AvgIpc) is 2.46. The number of hydrogen-bond donors (Lipinski definition) is 2. The van der Waals surface area contributed by atoms with Crippen molar-refractivity contribution in [2.75, 3.05) is 26.3 Å². The Labute approximate surface area is 117 Å². The lowest BCUT2D eigenvalue weighted by Crippen LogP contribution is -2.47. The Kier molecular flexibility index (Phi) is 5.34. The fourth-order valence-electron chi connectivity index (χ4n) is 1.91. The number of nitrogens with zero attached hydrogens (tertiary/aromatic N) is 1. The molecule has 6 heteroatoms. The van der Waals surface area contributed by atoms with Gasteiger partial charge in [-0.05, 0) is 5.56 Å². The predicted molar refractivity (Wildman–Crippen MR) is 71.0 cm³/mol. The number of carbonyl (C=O) groups excluding carboxylic acids is 1. The van der Waals surface area contributed by atoms with Crippen LogP contribution < -0.4 is 0 Å². The number of carbonyl (C=O) groups is 1. The molecule has 1 aliphatic rings. The van der Waals surface area contributed by atoms with Crippen LogP contribution in [0.1, 0.15) is 5.56 Å². The number of benzene rings is 1. The number of hydrogen-bond acceptors (Lipinski definition) is 5. The van der Waals surface area contributed by atoms with Gasteiger partial charge in [0.2, 0.25) is 0 Å². The first kappa shape index (κ1) is 14.8. The Hall–Kier alpha value is -1.63. The maximum absolute atomic E-state index is 11.9. The van der Waals surface area contributed by atoms with Crippen LogP contribution in [0.3, 0.4) is 0 Å². The van der Waals surface area contributed by atoms with Gasteiger partial charge in [-0.25, -0.2) is 4.79 Å². The second-order valence-corrected chi connectivity index (χ2v) is 4.70. The van der Waals surface area contributed by atoms with Gasteiger partial charge in [-0.15, -0.1) is 0 Å². The zero-order valence-corrected chi connectivity index (χ0v) is 11.1. The van der Waals surface area contributed by atoms with E-state index in [1.807, 2.05) is 30.3 Å². The molecule has 0 aliphatic carbocycles. The number of amides is 1. The first-order valence-electron chi connectivity index (χ1n) is 6.56. The number of aliphatic hydroxyl groups is 2. The summed E-state index contributed by atoms with van der Waals surface area (Å²) in [6.07, 6.45) is -2.54. The van der Waals surface area contributed by atoms with E-state index in [0.717, 1.165) is 5.56 Å². The van der Waals surface area contributed by atoms with E-state index >= 15 is 0 Å². The van der Waals surface area contributed by atoms with Gasteiger partial charge < -0.3 is 24.6 Å². The van der Waals surface area contributed by atoms with Crippen molar-refractivity contribution in [3.8, 4) is 0 Å². The molecule has 6 nitrogen and oxygen atoms in total. The molecule has 1 fully saturated rings. The molecule has 0 radical (unpaired) electrons. The molecule has 0 spiro atoms. The third-order valence-corrected chi connectivity index (χ3v) is 3.11. The smallest absolute Gasteiger partial charge is 0.410 e. The Morgan fingerprint density at radius 2 is 2.05 bits per heavy atom. The van der Waals surface area contributed by atoms with Gasteiger partial charge in [-0.3, -0.25) is 0 Å². The van der Waals surface area contributed by atoms with Crippen LogP contribution in [0.5, 0.6) is 0 Å². The lowest BCUT2D eigenvalue weighted by atomic mass is 10.2. The molecule has 110 valence electrons. The molecule has 1 heterocycles. The number of aliphatic hydroxyl groups excluding tert-OH is 2. The van der Waals surface area contributed by atoms with Crippen molar-refractivity contribution in [2.45, 2.75) is 18.8 Å². The van der Waals surface area contributed by atoms with Crippen LogP contribution in [0.2, 0.25) is 0 Å². The molecule has 0 unspecified atom stereocenters. The molecular formula is C14H19NO5. The number of rotatable bonds is 2. The van der Waals surface area contributed by atoms with Crippen LogP contribution >= 0.6 is 0 Å². The van der Waals surface area contributed by atoms with Crippen LogP contribution in [-0.4, -0.2) is 59.7 Å². The van der Waals surface area contributed by atoms with Gasteiger partial charge >= 0.3 is 6.09 Å². The van der Waals surface area contributed by atoms with E-state index in [0.29, 0.717) is 13.2 Å². The molecule has 1 aromatic carbocycles. The Morgan fingerprint density at radius 1 is 1.30 bits per heavy atom. The van der Waals surface area contributed by atoms with Crippen molar-refractivity contribution in [1.29, 1.82) is 0 Å². The quantitative estimate of drug-likeness (QED) is 0.819. The molecule has 2 N–H and O–H groups in total. The highest BCUT2D eigenvalue weighted by atomic mass is 16.6. The van der Waals surface area contributed by atoms with E-state index in [2.05, 4.69) is 0 Å². The zero-order valence-electron chi connectivity index (χ0n) is 11.1. The van der Waals surface area contributed by atoms with Gasteiger partial charge in [-0.1, -0.05) is 30.3 Å². The van der Waals surface area contributed by atoms with Gasteiger partial charge in [0.25, 0.3) is 0 Å². The summed E-state index contributed by atoms with van der Waals surface area (Å²) in [5, 5.41) is 19.2. The summed E-state index contributed by atoms with van der Waals surface area (Å²) in [6, 6.07) is 9.35. The molecule has 1 saturated heterocycles. The first-order chi connectivity index (χ1) is 9.66. The van der Waals surface area contributed by atoms with E-state index in [1.54, 1.807) is 0 Å². The molecule has 1 aliphatic heterocycles. The van der Waals surface area contributed by atoms with Crippen molar-refractivity contribution < 1.29 is 24.5 Å². The van der Waals surface area contributed by atoms with E-state index < -0.39 is 18.3 Å². The highest BCUT2D eigenvalue weighted by Gasteiger charge is 2.26. The summed E-state index contributed by atoms with van der Waals surface area (Å²) in [5.74, 6) is 0. The van der Waals surface area contributed by atoms with Crippen molar-refractivity contribution in [2.24, 2.45) is 0 Å². The fraction of sp³-hybridized carbons (Fsp3) is 0.500. The molecule has 0 saturated carbocycles. The molecule has 1 aromatic rings. The van der Waals surface area contributed by atoms with Gasteiger partial charge in [-0.2, -0.15) is 0 Å². The third kappa shape index (κ3) is 4.19. The van der Waals surface area contributed by atoms with Crippen LogP contribution in [0.4, 0.5) is 4.79 Å². The molecule has 2 rings (SSSR count). The molecule has 2 atom stereocenters. The zero-order chi connectivity index (χ0) is 14.4. The number of ether oxygens (including phenoxy) is 2. The monoisotopic (exact) mass is 281 g/mol. The molecule has 0 aromatic heterocycles. The van der Waals surface area contributed by atoms with E-state index in [9.17, 15) is 15.0 Å². The van der Waals surface area contributed by atoms with Crippen LogP contribution in [0.25, 0.3) is 0 Å². The highest BCUT2D eigenvalue weighted by molar-refractivity contribution is 5.67. The van der Waals surface area contributed by atoms with Gasteiger partial charge in [0.05, 0.1) is 25.9 Å². The summed E-state index contributed by atoms with van der Waals surface area (Å²) >= 11 is 0. The highest BCUT2D eigenvalue weighted by Crippen LogP contribution is 2.07. The standard InChI is InChI=1S/C14H19NO5/c16-12-8-15(6-7-19-10-13(12)17)14(18)20-9-11-4-2-1-3-5-11/h1-5,12-13,16-17H,6-10H2/t12-,13-/m1/s1. The van der Waals surface area contributed by atoms with Crippen LogP contribution in [0, 0.1) is 0 Å². The minimum absolute atomic E-state index is 0.0398. The SMILES string of the molecule is O=C(OCc1ccccc1)N1CCOC[C@@H](O)[C@H](O)C1. The summed E-state index contributed by atoms with van der Waals surface area (Å²) in [6.45, 7) is 0.934. The third-order valence-electron chi connectivity index (χ3n) is 3.11. The molecule has 20 heavy (non-hydrogen) atoms. The largest absolute Gasteiger partial charge is 0.445 e. The predicted octanol–water partition coefficient (Wildman–Crippen LogP) is 0.377. The minimum Gasteiger partial charge on any atom is -0.445 e. The molecule has 0 bridgehead atoms. The molecule has 1 amide bonds. The van der Waals surface area contributed by atoms with E-state index in [-0.39, 0.29) is 19.8 Å². The van der Waals surface area contributed by atoms with E-state index in [1.165, 1.54) is 4.90 Å². The van der Waals surface area contributed by atoms with Crippen molar-refractivity contribution in [1.82, 2.24) is 4.90 Å². The normalized spacial score (nSPS) is 23.8. The van der Waals surface area contributed by atoms with Gasteiger partial charge in [0, 0.05) is 6.54 Å². The fourth-order valence-corrected chi connectivity index (χ4v) is 1.91. The summed E-state index contributed by atoms with van der Waals surface area (Å²) in [4.78, 5) is 13.3. The first-order valence-corrected chi connectivity index (χ1v) is 6.56. The van der Waals surface area contributed by atoms with Crippen molar-refractivity contribution >= 4 is 6.09 Å². The minimum atomic E-state index is -1.03. The maximum atomic E-state index is 11.9. The Balaban J connectivity index is 1.87. The molecular weight excluding hydrogens is 262 g/mol. The van der Waals surface area contributed by atoms with Gasteiger partial charge in [0.15, 0.2) is 0 Å². The summed E-state index contributed by atoms with van der Waals surface area (Å²) in [5.41, 5.74) is 0.893. The summed E-state index contributed by atoms with van der Waals surface area (Å²) < 4.78 is 10.3. The number of β-amino-alcohol motifs (C(OH)–C–C–N with tert-alkyl or cyclic N) is 1. The Bertz CT molecular complexity index is 425. The van der Waals surface area contributed by atoms with Crippen molar-refractivity contribution in [3.05, 3.63) is 35.9 Å². The van der Waals surface area contributed by atoms with Crippen LogP contribution in [-0.2, 0) is 16.1 Å². The lowest BCUT2D eigenvalue weighted by Gasteiger charge is -2.29. The lowest BCUT2D eigenvalue weighted by molar-refractivity contribution is -0.0686. The maximum Gasteiger partial charge on any atom is 0.410 e. The van der Waals surface area contributed by atoms with Crippen LogP contribution in [0.15, 0.2) is 30.3 Å². The van der Waals surface area contributed by atoms with Gasteiger partial charge in [0.1, 0.15) is 12.7 Å². The Morgan fingerprint density at radius 3 is 2.80 bits per heavy atom. The second-order valence-electron chi connectivity index (χ2n) is 4.70. The van der Waals surface area contributed by atoms with E-state index in [4.69, 9.17) is 9.47 Å². The second kappa shape index (κ2) is 7.23. The topological polar surface area (TPSA) is 79.2 Å². The summed E-state index contributed by atoms with van der Waals surface area (Å²) in [7, 11) is 0. The van der Waals surface area contributed by atoms with Crippen molar-refractivity contribution in [3.63, 3.8) is 0 Å².